The van der Waals surface area contributed by atoms with Crippen LogP contribution < -0.4 is 9.88 Å². The third kappa shape index (κ3) is 3.71. The van der Waals surface area contributed by atoms with E-state index < -0.39 is 17.7 Å². The van der Waals surface area contributed by atoms with E-state index in [1.165, 1.54) is 0 Å². The average molecular weight is 515 g/mol. The van der Waals surface area contributed by atoms with Gasteiger partial charge in [-0.2, -0.15) is 4.57 Å². The molecule has 1 fully saturated rings. The van der Waals surface area contributed by atoms with Crippen LogP contribution >= 0.6 is 28.1 Å². The van der Waals surface area contributed by atoms with Crippen molar-refractivity contribution in [3.8, 4) is 0 Å². The highest BCUT2D eigenvalue weighted by atomic mass is 79.9. The molecule has 0 unspecified atom stereocenters. The van der Waals surface area contributed by atoms with Gasteiger partial charge in [-0.15, -0.1) is 0 Å². The number of fused-ring (bicyclic) bond motifs is 1. The molecule has 5 rings (SSSR count). The smallest absolute Gasteiger partial charge is 0.227 e. The number of aromatic nitrogens is 1. The summed E-state index contributed by atoms with van der Waals surface area (Å²) in [7, 11) is 0. The monoisotopic (exact) mass is 514 g/mol. The Bertz CT molecular complexity index is 1390. The number of hydrogen-bond acceptors (Lipinski definition) is 3. The molecule has 4 aromatic rings. The van der Waals surface area contributed by atoms with E-state index in [-0.39, 0.29) is 0 Å². The quantitative estimate of drug-likeness (QED) is 0.153. The van der Waals surface area contributed by atoms with Gasteiger partial charge in [0.1, 0.15) is 4.99 Å². The molecular formula is C27H21BrN3OS+. The summed E-state index contributed by atoms with van der Waals surface area (Å²) in [6.07, 6.45) is 1.98. The maximum atomic E-state index is 12.4. The standard InChI is InChI=1S/C27H20BrN3OS/c28-21-14-12-19(13-15-21)24-22(17-29)26(33)30-27(32,20-9-2-1-3-10-20)25(24)31-16-6-8-18-7-4-5-11-23(18)31/h1-16,24-25,29,32H/p+1/t24-,25+,27+/m0/s1. The van der Waals surface area contributed by atoms with E-state index >= 15 is 0 Å². The summed E-state index contributed by atoms with van der Waals surface area (Å²) in [6, 6.07) is 29.0. The van der Waals surface area contributed by atoms with E-state index in [4.69, 9.17) is 17.6 Å². The molecule has 0 saturated carbocycles. The Balaban J connectivity index is 1.85. The van der Waals surface area contributed by atoms with E-state index in [2.05, 4.69) is 43.8 Å². The highest BCUT2D eigenvalue weighted by Gasteiger charge is 2.56. The lowest BCUT2D eigenvalue weighted by Crippen LogP contribution is -2.65. The van der Waals surface area contributed by atoms with Gasteiger partial charge in [-0.05, 0) is 35.7 Å². The number of para-hydroxylation sites is 1. The molecule has 0 bridgehead atoms. The molecule has 0 aliphatic carbocycles. The summed E-state index contributed by atoms with van der Waals surface area (Å²) in [5, 5.41) is 24.7. The Kier molecular flexibility index (Phi) is 5.69. The van der Waals surface area contributed by atoms with Crippen molar-refractivity contribution in [2.45, 2.75) is 17.7 Å². The maximum Gasteiger partial charge on any atom is 0.227 e. The molecular weight excluding hydrogens is 494 g/mol. The number of halogens is 1. The van der Waals surface area contributed by atoms with Gasteiger partial charge in [0.15, 0.2) is 6.20 Å². The SMILES string of the molecule is N=C=C1C(=S)N[C@@](O)(c2ccccc2)[C@H]([n+]2cccc3ccccc32)[C@H]1c1ccc(Br)cc1. The number of piperidine rings is 1. The number of thiocarbonyl (C=S) groups is 1. The minimum Gasteiger partial charge on any atom is -0.362 e. The Morgan fingerprint density at radius 3 is 2.33 bits per heavy atom. The van der Waals surface area contributed by atoms with Crippen molar-refractivity contribution in [3.63, 3.8) is 0 Å². The number of rotatable bonds is 3. The fourth-order valence-electron chi connectivity index (χ4n) is 4.73. The molecule has 3 N–H and O–H groups in total. The van der Waals surface area contributed by atoms with Gasteiger partial charge in [0.05, 0.1) is 11.5 Å². The van der Waals surface area contributed by atoms with Crippen LogP contribution in [0.1, 0.15) is 23.1 Å². The maximum absolute atomic E-state index is 12.4. The second-order valence-electron chi connectivity index (χ2n) is 8.07. The molecule has 3 aromatic carbocycles. The van der Waals surface area contributed by atoms with Gasteiger partial charge in [0, 0.05) is 27.6 Å². The van der Waals surface area contributed by atoms with Crippen LogP contribution in [0.2, 0.25) is 0 Å². The van der Waals surface area contributed by atoms with Gasteiger partial charge in [0.2, 0.25) is 17.3 Å². The summed E-state index contributed by atoms with van der Waals surface area (Å²) in [6.45, 7) is 0. The average Bonchev–Trinajstić information content (AvgIpc) is 2.84. The topological polar surface area (TPSA) is 60.0 Å². The van der Waals surface area contributed by atoms with Crippen LogP contribution in [0.5, 0.6) is 0 Å². The van der Waals surface area contributed by atoms with Gasteiger partial charge in [0.25, 0.3) is 0 Å². The zero-order valence-electron chi connectivity index (χ0n) is 17.6. The predicted octanol–water partition coefficient (Wildman–Crippen LogP) is 5.17. The molecule has 162 valence electrons. The second-order valence-corrected chi connectivity index (χ2v) is 9.40. The Morgan fingerprint density at radius 1 is 0.939 bits per heavy atom. The van der Waals surface area contributed by atoms with Crippen molar-refractivity contribution < 1.29 is 9.67 Å². The Hall–Kier alpha value is -3.15. The summed E-state index contributed by atoms with van der Waals surface area (Å²) < 4.78 is 3.04. The first-order chi connectivity index (χ1) is 16.0. The van der Waals surface area contributed by atoms with Crippen molar-refractivity contribution in [2.24, 2.45) is 0 Å². The number of nitrogens with zero attached hydrogens (tertiary/aromatic N) is 1. The lowest BCUT2D eigenvalue weighted by Gasteiger charge is -2.43. The zero-order valence-corrected chi connectivity index (χ0v) is 20.0. The minimum absolute atomic E-state index is 0.321. The summed E-state index contributed by atoms with van der Waals surface area (Å²) in [5.74, 6) is 2.17. The molecule has 1 aromatic heterocycles. The van der Waals surface area contributed by atoms with Gasteiger partial charge < -0.3 is 10.4 Å². The van der Waals surface area contributed by atoms with E-state index in [1.54, 1.807) is 0 Å². The fourth-order valence-corrected chi connectivity index (χ4v) is 5.33. The number of aliphatic hydroxyl groups is 1. The van der Waals surface area contributed by atoms with Crippen LogP contribution in [0.25, 0.3) is 10.9 Å². The molecule has 6 heteroatoms. The summed E-state index contributed by atoms with van der Waals surface area (Å²) in [5.41, 5.74) is 1.63. The van der Waals surface area contributed by atoms with Crippen molar-refractivity contribution in [1.29, 1.82) is 5.41 Å². The van der Waals surface area contributed by atoms with Crippen LogP contribution in [-0.2, 0) is 5.72 Å². The molecule has 1 saturated heterocycles. The zero-order chi connectivity index (χ0) is 23.0. The van der Waals surface area contributed by atoms with E-state index in [0.717, 1.165) is 20.9 Å². The van der Waals surface area contributed by atoms with E-state index in [0.29, 0.717) is 16.1 Å². The third-order valence-corrected chi connectivity index (χ3v) is 7.07. The number of hydrogen-bond donors (Lipinski definition) is 3. The summed E-state index contributed by atoms with van der Waals surface area (Å²) >= 11 is 9.18. The Morgan fingerprint density at radius 2 is 1.61 bits per heavy atom. The predicted molar refractivity (Wildman–Crippen MR) is 137 cm³/mol. The van der Waals surface area contributed by atoms with Gasteiger partial charge >= 0.3 is 0 Å². The second kappa shape index (κ2) is 8.65. The molecule has 1 aliphatic heterocycles. The molecule has 0 radical (unpaired) electrons. The lowest BCUT2D eigenvalue weighted by molar-refractivity contribution is -0.720. The molecule has 0 amide bonds. The van der Waals surface area contributed by atoms with Crippen molar-refractivity contribution in [2.75, 3.05) is 0 Å². The van der Waals surface area contributed by atoms with Gasteiger partial charge in [-0.1, -0.05) is 82.7 Å². The highest BCUT2D eigenvalue weighted by Crippen LogP contribution is 2.46. The molecule has 3 atom stereocenters. The van der Waals surface area contributed by atoms with Crippen LogP contribution in [-0.4, -0.2) is 16.0 Å². The van der Waals surface area contributed by atoms with Crippen LogP contribution in [0, 0.1) is 5.41 Å². The minimum atomic E-state index is -1.52. The van der Waals surface area contributed by atoms with Gasteiger partial charge in [-0.3, -0.25) is 5.41 Å². The summed E-state index contributed by atoms with van der Waals surface area (Å²) in [4.78, 5) is 0.321. The first-order valence-electron chi connectivity index (χ1n) is 10.6. The molecule has 0 spiro atoms. The molecule has 4 nitrogen and oxygen atoms in total. The number of benzene rings is 3. The van der Waals surface area contributed by atoms with Crippen molar-refractivity contribution >= 4 is 49.9 Å². The molecule has 2 heterocycles. The first kappa shape index (κ1) is 21.7. The number of pyridine rings is 1. The normalized spacial score (nSPS) is 22.6. The lowest BCUT2D eigenvalue weighted by atomic mass is 9.74. The van der Waals surface area contributed by atoms with Crippen LogP contribution in [0.4, 0.5) is 0 Å². The van der Waals surface area contributed by atoms with Crippen molar-refractivity contribution in [1.82, 2.24) is 5.32 Å². The Labute approximate surface area is 205 Å². The fraction of sp³-hybridized carbons (Fsp3) is 0.111. The van der Waals surface area contributed by atoms with Crippen LogP contribution in [0.3, 0.4) is 0 Å². The van der Waals surface area contributed by atoms with Gasteiger partial charge in [-0.25, -0.2) is 0 Å². The van der Waals surface area contributed by atoms with Crippen LogP contribution in [0.15, 0.2) is 107 Å². The largest absolute Gasteiger partial charge is 0.362 e. The molecule has 33 heavy (non-hydrogen) atoms. The molecule has 1 aliphatic rings. The van der Waals surface area contributed by atoms with Crippen molar-refractivity contribution in [3.05, 3.63) is 118 Å². The highest BCUT2D eigenvalue weighted by molar-refractivity contribution is 9.10. The van der Waals surface area contributed by atoms with E-state index in [9.17, 15) is 5.11 Å². The third-order valence-electron chi connectivity index (χ3n) is 6.22. The van der Waals surface area contributed by atoms with E-state index in [1.807, 2.05) is 85.1 Å². The number of nitrogens with one attached hydrogen (secondary N) is 2. The first-order valence-corrected chi connectivity index (χ1v) is 11.8.